The van der Waals surface area contributed by atoms with E-state index in [-0.39, 0.29) is 11.4 Å². The van der Waals surface area contributed by atoms with Crippen LogP contribution < -0.4 is 5.32 Å². The topological polar surface area (TPSA) is 56.1 Å². The third-order valence-electron chi connectivity index (χ3n) is 4.65. The molecule has 1 amide bonds. The summed E-state index contributed by atoms with van der Waals surface area (Å²) in [6, 6.07) is 9.54. The predicted molar refractivity (Wildman–Crippen MR) is 92.0 cm³/mol. The third-order valence-corrected chi connectivity index (χ3v) is 4.65. The normalized spacial score (nSPS) is 15.9. The molecule has 2 rings (SSSR count). The van der Waals surface area contributed by atoms with Crippen molar-refractivity contribution in [1.29, 1.82) is 5.26 Å². The van der Waals surface area contributed by atoms with Gasteiger partial charge in [0.1, 0.15) is 0 Å². The molecule has 124 valence electrons. The Balaban J connectivity index is 1.74. The van der Waals surface area contributed by atoms with E-state index in [2.05, 4.69) is 30.1 Å². The number of rotatable bonds is 6. The zero-order valence-corrected chi connectivity index (χ0v) is 14.3. The maximum absolute atomic E-state index is 12.1. The molecule has 0 bridgehead atoms. The average Bonchev–Trinajstić information content (AvgIpc) is 2.59. The van der Waals surface area contributed by atoms with E-state index in [1.165, 1.54) is 19.3 Å². The second kappa shape index (κ2) is 8.12. The van der Waals surface area contributed by atoms with Crippen LogP contribution >= 0.6 is 0 Å². The molecule has 0 unspecified atom stereocenters. The standard InChI is InChI=1S/C19H27N3O/c1-19(2,22-12-4-3-5-13-22)15-21-18(23)11-10-16-6-8-17(14-20)9-7-16/h6-9H,3-5,10-13,15H2,1-2H3,(H,21,23). The van der Waals surface area contributed by atoms with Gasteiger partial charge in [-0.15, -0.1) is 0 Å². The van der Waals surface area contributed by atoms with Crippen molar-refractivity contribution in [1.82, 2.24) is 10.2 Å². The molecule has 1 aromatic carbocycles. The van der Waals surface area contributed by atoms with Crippen LogP contribution in [0.2, 0.25) is 0 Å². The Hall–Kier alpha value is -1.86. The Kier molecular flexibility index (Phi) is 6.18. The minimum Gasteiger partial charge on any atom is -0.354 e. The molecule has 23 heavy (non-hydrogen) atoms. The van der Waals surface area contributed by atoms with Gasteiger partial charge in [0.05, 0.1) is 11.6 Å². The molecule has 0 radical (unpaired) electrons. The number of nitriles is 1. The van der Waals surface area contributed by atoms with E-state index in [9.17, 15) is 4.79 Å². The van der Waals surface area contributed by atoms with Gasteiger partial charge in [-0.2, -0.15) is 5.26 Å². The van der Waals surface area contributed by atoms with Crippen LogP contribution in [-0.4, -0.2) is 36.0 Å². The molecule has 0 aromatic heterocycles. The monoisotopic (exact) mass is 313 g/mol. The molecule has 0 saturated carbocycles. The van der Waals surface area contributed by atoms with E-state index in [0.29, 0.717) is 24.9 Å². The van der Waals surface area contributed by atoms with Crippen LogP contribution in [0.5, 0.6) is 0 Å². The number of nitrogens with one attached hydrogen (secondary N) is 1. The lowest BCUT2D eigenvalue weighted by atomic mass is 9.98. The number of nitrogens with zero attached hydrogens (tertiary/aromatic N) is 2. The molecule has 4 nitrogen and oxygen atoms in total. The van der Waals surface area contributed by atoms with Crippen LogP contribution in [0, 0.1) is 11.3 Å². The van der Waals surface area contributed by atoms with Gasteiger partial charge in [-0.25, -0.2) is 0 Å². The van der Waals surface area contributed by atoms with Gasteiger partial charge in [-0.1, -0.05) is 18.6 Å². The van der Waals surface area contributed by atoms with Gasteiger partial charge < -0.3 is 5.32 Å². The summed E-state index contributed by atoms with van der Waals surface area (Å²) in [5, 5.41) is 11.9. The van der Waals surface area contributed by atoms with Crippen molar-refractivity contribution < 1.29 is 4.79 Å². The van der Waals surface area contributed by atoms with E-state index in [1.807, 2.05) is 12.1 Å². The molecule has 1 heterocycles. The number of likely N-dealkylation sites (tertiary alicyclic amines) is 1. The van der Waals surface area contributed by atoms with Crippen molar-refractivity contribution >= 4 is 5.91 Å². The van der Waals surface area contributed by atoms with Gasteiger partial charge in [0.15, 0.2) is 0 Å². The summed E-state index contributed by atoms with van der Waals surface area (Å²) in [7, 11) is 0. The number of piperidine rings is 1. The zero-order valence-electron chi connectivity index (χ0n) is 14.3. The Morgan fingerprint density at radius 3 is 2.48 bits per heavy atom. The molecule has 4 heteroatoms. The van der Waals surface area contributed by atoms with Crippen LogP contribution in [0.15, 0.2) is 24.3 Å². The number of benzene rings is 1. The van der Waals surface area contributed by atoms with Crippen LogP contribution in [-0.2, 0) is 11.2 Å². The molecule has 0 aliphatic carbocycles. The minimum absolute atomic E-state index is 0.0184. The Morgan fingerprint density at radius 1 is 1.22 bits per heavy atom. The first-order chi connectivity index (χ1) is 11.0. The summed E-state index contributed by atoms with van der Waals surface area (Å²) in [5.74, 6) is 0.0967. The first kappa shape index (κ1) is 17.5. The van der Waals surface area contributed by atoms with Crippen molar-refractivity contribution in [3.8, 4) is 6.07 Å². The number of hydrogen-bond donors (Lipinski definition) is 1. The fourth-order valence-corrected chi connectivity index (χ4v) is 3.02. The predicted octanol–water partition coefficient (Wildman–Crippen LogP) is 2.87. The molecule has 0 atom stereocenters. The van der Waals surface area contributed by atoms with E-state index in [0.717, 1.165) is 18.7 Å². The smallest absolute Gasteiger partial charge is 0.220 e. The molecule has 1 fully saturated rings. The number of aryl methyl sites for hydroxylation is 1. The highest BCUT2D eigenvalue weighted by molar-refractivity contribution is 5.76. The first-order valence-corrected chi connectivity index (χ1v) is 8.52. The summed E-state index contributed by atoms with van der Waals surface area (Å²) in [4.78, 5) is 14.6. The highest BCUT2D eigenvalue weighted by Gasteiger charge is 2.28. The van der Waals surface area contributed by atoms with Crippen LogP contribution in [0.25, 0.3) is 0 Å². The zero-order chi connectivity index (χ0) is 16.7. The van der Waals surface area contributed by atoms with Gasteiger partial charge >= 0.3 is 0 Å². The van der Waals surface area contributed by atoms with Crippen LogP contribution in [0.4, 0.5) is 0 Å². The lowest BCUT2D eigenvalue weighted by Gasteiger charge is -2.41. The molecule has 1 aromatic rings. The van der Waals surface area contributed by atoms with E-state index in [4.69, 9.17) is 5.26 Å². The minimum atomic E-state index is 0.0184. The van der Waals surface area contributed by atoms with Gasteiger partial charge in [-0.3, -0.25) is 9.69 Å². The van der Waals surface area contributed by atoms with Crippen molar-refractivity contribution in [2.75, 3.05) is 19.6 Å². The van der Waals surface area contributed by atoms with E-state index < -0.39 is 0 Å². The quantitative estimate of drug-likeness (QED) is 0.878. The highest BCUT2D eigenvalue weighted by atomic mass is 16.1. The molecular weight excluding hydrogens is 286 g/mol. The molecule has 0 spiro atoms. The second-order valence-corrected chi connectivity index (χ2v) is 6.95. The Bertz CT molecular complexity index is 551. The number of carbonyl (C=O) groups excluding carboxylic acids is 1. The Morgan fingerprint density at radius 2 is 1.87 bits per heavy atom. The fourth-order valence-electron chi connectivity index (χ4n) is 3.02. The number of amides is 1. The van der Waals surface area contributed by atoms with Gasteiger partial charge in [0.2, 0.25) is 5.91 Å². The summed E-state index contributed by atoms with van der Waals surface area (Å²) in [6.45, 7) is 7.37. The molecular formula is C19H27N3O. The number of hydrogen-bond acceptors (Lipinski definition) is 3. The van der Waals surface area contributed by atoms with Crippen molar-refractivity contribution in [3.63, 3.8) is 0 Å². The first-order valence-electron chi connectivity index (χ1n) is 8.52. The lowest BCUT2D eigenvalue weighted by Crippen LogP contribution is -2.53. The molecule has 1 aliphatic heterocycles. The SMILES string of the molecule is CC(C)(CNC(=O)CCc1ccc(C#N)cc1)N1CCCCC1. The number of carbonyl (C=O) groups is 1. The van der Waals surface area contributed by atoms with E-state index >= 15 is 0 Å². The van der Waals surface area contributed by atoms with Gasteiger partial charge in [0.25, 0.3) is 0 Å². The summed E-state index contributed by atoms with van der Waals surface area (Å²) >= 11 is 0. The van der Waals surface area contributed by atoms with E-state index in [1.54, 1.807) is 12.1 Å². The molecule has 1 N–H and O–H groups in total. The lowest BCUT2D eigenvalue weighted by molar-refractivity contribution is -0.121. The second-order valence-electron chi connectivity index (χ2n) is 6.95. The van der Waals surface area contributed by atoms with Crippen LogP contribution in [0.3, 0.4) is 0 Å². The fraction of sp³-hybridized carbons (Fsp3) is 0.579. The molecule has 1 saturated heterocycles. The van der Waals surface area contributed by atoms with Gasteiger partial charge in [-0.05, 0) is 63.9 Å². The largest absolute Gasteiger partial charge is 0.354 e. The third kappa shape index (κ3) is 5.37. The Labute approximate surface area is 139 Å². The average molecular weight is 313 g/mol. The summed E-state index contributed by atoms with van der Waals surface area (Å²) in [6.07, 6.45) is 5.04. The molecule has 1 aliphatic rings. The van der Waals surface area contributed by atoms with Crippen molar-refractivity contribution in [2.24, 2.45) is 0 Å². The van der Waals surface area contributed by atoms with Crippen molar-refractivity contribution in [2.45, 2.75) is 51.5 Å². The summed E-state index contributed by atoms with van der Waals surface area (Å²) in [5.41, 5.74) is 1.76. The van der Waals surface area contributed by atoms with Gasteiger partial charge in [0, 0.05) is 18.5 Å². The maximum Gasteiger partial charge on any atom is 0.220 e. The van der Waals surface area contributed by atoms with Crippen molar-refractivity contribution in [3.05, 3.63) is 35.4 Å². The maximum atomic E-state index is 12.1. The summed E-state index contributed by atoms with van der Waals surface area (Å²) < 4.78 is 0. The van der Waals surface area contributed by atoms with Crippen LogP contribution in [0.1, 0.15) is 50.7 Å². The highest BCUT2D eigenvalue weighted by Crippen LogP contribution is 2.19.